The molecule has 1 aromatic carbocycles. The fraction of sp³-hybridized carbons (Fsp3) is 0.250. The molecule has 118 valence electrons. The highest BCUT2D eigenvalue weighted by molar-refractivity contribution is 9.11. The minimum Gasteiger partial charge on any atom is -0.465 e. The lowest BCUT2D eigenvalue weighted by molar-refractivity contribution is 0.139. The molecule has 3 aromatic rings. The zero-order chi connectivity index (χ0) is 16.0. The van der Waals surface area contributed by atoms with Gasteiger partial charge in [0.25, 0.3) is 0 Å². The summed E-state index contributed by atoms with van der Waals surface area (Å²) >= 11 is 5.16. The molecular weight excluding hydrogens is 378 g/mol. The van der Waals surface area contributed by atoms with E-state index in [4.69, 9.17) is 5.11 Å². The van der Waals surface area contributed by atoms with Crippen LogP contribution in [0.3, 0.4) is 0 Å². The maximum absolute atomic E-state index is 11.1. The number of aromatic nitrogens is 2. The maximum Gasteiger partial charge on any atom is 0.405 e. The molecule has 1 aliphatic carbocycles. The van der Waals surface area contributed by atoms with Crippen LogP contribution < -0.4 is 5.32 Å². The summed E-state index contributed by atoms with van der Waals surface area (Å²) in [4.78, 5) is 20.2. The van der Waals surface area contributed by atoms with Crippen molar-refractivity contribution in [2.75, 3.05) is 0 Å². The zero-order valence-electron chi connectivity index (χ0n) is 12.1. The molecule has 1 saturated carbocycles. The first-order valence-electron chi connectivity index (χ1n) is 7.33. The van der Waals surface area contributed by atoms with Gasteiger partial charge in [-0.25, -0.2) is 9.78 Å². The van der Waals surface area contributed by atoms with Crippen LogP contribution in [-0.4, -0.2) is 21.2 Å². The Labute approximate surface area is 144 Å². The molecule has 0 unspecified atom stereocenters. The molecule has 2 aromatic heterocycles. The second-order valence-corrected chi connectivity index (χ2v) is 8.25. The maximum atomic E-state index is 11.1. The lowest BCUT2D eigenvalue weighted by Crippen LogP contribution is -2.51. The molecule has 4 rings (SSSR count). The molecule has 5 nitrogen and oxygen atoms in total. The lowest BCUT2D eigenvalue weighted by Gasteiger charge is -2.39. The number of benzene rings is 1. The predicted molar refractivity (Wildman–Crippen MR) is 93.8 cm³/mol. The van der Waals surface area contributed by atoms with Crippen LogP contribution in [0.15, 0.2) is 34.1 Å². The lowest BCUT2D eigenvalue weighted by atomic mass is 9.76. The average molecular weight is 392 g/mol. The van der Waals surface area contributed by atoms with Crippen LogP contribution >= 0.6 is 27.3 Å². The van der Waals surface area contributed by atoms with Crippen molar-refractivity contribution in [3.63, 3.8) is 0 Å². The van der Waals surface area contributed by atoms with Gasteiger partial charge in [0.2, 0.25) is 0 Å². The quantitative estimate of drug-likeness (QED) is 0.605. The molecular formula is C16H14BrN3O2S. The van der Waals surface area contributed by atoms with Crippen molar-refractivity contribution in [1.29, 1.82) is 0 Å². The topological polar surface area (TPSA) is 78.0 Å². The van der Waals surface area contributed by atoms with Crippen LogP contribution in [-0.2, 0) is 5.54 Å². The first-order valence-corrected chi connectivity index (χ1v) is 8.94. The van der Waals surface area contributed by atoms with E-state index in [-0.39, 0.29) is 0 Å². The monoisotopic (exact) mass is 391 g/mol. The number of halogens is 1. The van der Waals surface area contributed by atoms with E-state index >= 15 is 0 Å². The van der Waals surface area contributed by atoms with Crippen LogP contribution in [0.5, 0.6) is 0 Å². The fourth-order valence-electron chi connectivity index (χ4n) is 3.02. The summed E-state index contributed by atoms with van der Waals surface area (Å²) in [5.41, 5.74) is 2.35. The van der Waals surface area contributed by atoms with Gasteiger partial charge in [-0.2, -0.15) is 0 Å². The van der Waals surface area contributed by atoms with E-state index in [2.05, 4.69) is 43.3 Å². The number of rotatable bonds is 3. The smallest absolute Gasteiger partial charge is 0.405 e. The van der Waals surface area contributed by atoms with Crippen molar-refractivity contribution in [1.82, 2.24) is 15.3 Å². The number of fused-ring (bicyclic) bond motifs is 1. The second-order valence-electron chi connectivity index (χ2n) is 5.79. The van der Waals surface area contributed by atoms with Gasteiger partial charge in [0, 0.05) is 4.88 Å². The van der Waals surface area contributed by atoms with Crippen molar-refractivity contribution in [2.24, 2.45) is 0 Å². The van der Waals surface area contributed by atoms with Crippen molar-refractivity contribution >= 4 is 44.4 Å². The summed E-state index contributed by atoms with van der Waals surface area (Å²) in [5, 5.41) is 11.7. The van der Waals surface area contributed by atoms with Gasteiger partial charge in [0.1, 0.15) is 11.4 Å². The van der Waals surface area contributed by atoms with E-state index in [0.29, 0.717) is 5.82 Å². The third-order valence-corrected chi connectivity index (χ3v) is 6.02. The molecule has 3 N–H and O–H groups in total. The minimum absolute atomic E-state index is 0.559. The number of imidazole rings is 1. The highest BCUT2D eigenvalue weighted by atomic mass is 79.9. The van der Waals surface area contributed by atoms with Crippen LogP contribution in [0, 0.1) is 0 Å². The number of nitrogens with zero attached hydrogens (tertiary/aromatic N) is 1. The summed E-state index contributed by atoms with van der Waals surface area (Å²) in [6, 6.07) is 10.2. The number of H-pyrrole nitrogens is 1. The van der Waals surface area contributed by atoms with E-state index in [1.165, 1.54) is 4.88 Å². The minimum atomic E-state index is -1.01. The number of carbonyl (C=O) groups is 1. The van der Waals surface area contributed by atoms with Crippen LogP contribution in [0.1, 0.15) is 25.1 Å². The molecule has 0 radical (unpaired) electrons. The Morgan fingerprint density at radius 1 is 1.35 bits per heavy atom. The molecule has 2 heterocycles. The summed E-state index contributed by atoms with van der Waals surface area (Å²) in [6.45, 7) is 0. The van der Waals surface area contributed by atoms with Gasteiger partial charge in [0.05, 0.1) is 14.8 Å². The van der Waals surface area contributed by atoms with Crippen molar-refractivity contribution in [2.45, 2.75) is 24.8 Å². The fourth-order valence-corrected chi connectivity index (χ4v) is 4.40. The highest BCUT2D eigenvalue weighted by Gasteiger charge is 2.43. The molecule has 1 amide bonds. The van der Waals surface area contributed by atoms with Gasteiger partial charge >= 0.3 is 6.09 Å². The van der Waals surface area contributed by atoms with Gasteiger partial charge in [-0.3, -0.25) is 0 Å². The molecule has 0 aliphatic heterocycles. The summed E-state index contributed by atoms with van der Waals surface area (Å²) in [5.74, 6) is 0.714. The van der Waals surface area contributed by atoms with E-state index < -0.39 is 11.6 Å². The Kier molecular flexibility index (Phi) is 3.42. The Hall–Kier alpha value is -1.86. The summed E-state index contributed by atoms with van der Waals surface area (Å²) in [7, 11) is 0. The number of amides is 1. The van der Waals surface area contributed by atoms with E-state index in [0.717, 1.165) is 39.6 Å². The molecule has 7 heteroatoms. The molecule has 0 atom stereocenters. The Balaban J connectivity index is 1.75. The Bertz CT molecular complexity index is 898. The first kappa shape index (κ1) is 14.7. The average Bonchev–Trinajstić information content (AvgIpc) is 3.07. The largest absolute Gasteiger partial charge is 0.465 e. The van der Waals surface area contributed by atoms with Crippen molar-refractivity contribution < 1.29 is 9.90 Å². The molecule has 1 fully saturated rings. The summed E-state index contributed by atoms with van der Waals surface area (Å²) < 4.78 is 1.09. The standard InChI is InChI=1S/C16H14BrN3O2S/c17-13-5-4-12(23-13)9-2-3-10-11(8-9)19-14(18-10)16(6-1-7-16)20-15(21)22/h2-5,8,20H,1,6-7H2,(H,18,19)(H,21,22). The zero-order valence-corrected chi connectivity index (χ0v) is 14.5. The van der Waals surface area contributed by atoms with Crippen LogP contribution in [0.25, 0.3) is 21.5 Å². The van der Waals surface area contributed by atoms with Crippen molar-refractivity contribution in [3.8, 4) is 10.4 Å². The molecule has 0 saturated heterocycles. The van der Waals surface area contributed by atoms with Gasteiger partial charge in [-0.1, -0.05) is 6.07 Å². The second kappa shape index (κ2) is 5.35. The van der Waals surface area contributed by atoms with E-state index in [1.807, 2.05) is 18.2 Å². The molecule has 0 spiro atoms. The Morgan fingerprint density at radius 2 is 2.17 bits per heavy atom. The third-order valence-electron chi connectivity index (χ3n) is 4.35. The van der Waals surface area contributed by atoms with E-state index in [1.54, 1.807) is 11.3 Å². The third kappa shape index (κ3) is 2.53. The number of nitrogens with one attached hydrogen (secondary N) is 2. The Morgan fingerprint density at radius 3 is 2.78 bits per heavy atom. The van der Waals surface area contributed by atoms with Crippen LogP contribution in [0.4, 0.5) is 4.79 Å². The predicted octanol–water partition coefficient (Wildman–Crippen LogP) is 4.70. The number of hydrogen-bond acceptors (Lipinski definition) is 3. The van der Waals surface area contributed by atoms with Crippen molar-refractivity contribution in [3.05, 3.63) is 39.9 Å². The SMILES string of the molecule is O=C(O)NC1(c2nc3ccc(-c4ccc(Br)s4)cc3[nH]2)CCC1. The normalized spacial score (nSPS) is 16.2. The number of carboxylic acid groups (broad SMARTS) is 1. The molecule has 23 heavy (non-hydrogen) atoms. The summed E-state index contributed by atoms with van der Waals surface area (Å²) in [6.07, 6.45) is 1.56. The van der Waals surface area contributed by atoms with E-state index in [9.17, 15) is 4.79 Å². The highest BCUT2D eigenvalue weighted by Crippen LogP contribution is 2.41. The number of aromatic amines is 1. The van der Waals surface area contributed by atoms with Gasteiger partial charge in [-0.05, 0) is 65.0 Å². The van der Waals surface area contributed by atoms with Gasteiger partial charge < -0.3 is 15.4 Å². The van der Waals surface area contributed by atoms with Gasteiger partial charge in [0.15, 0.2) is 0 Å². The van der Waals surface area contributed by atoms with Crippen LogP contribution in [0.2, 0.25) is 0 Å². The number of hydrogen-bond donors (Lipinski definition) is 3. The first-order chi connectivity index (χ1) is 11.1. The van der Waals surface area contributed by atoms with Gasteiger partial charge in [-0.15, -0.1) is 11.3 Å². The molecule has 1 aliphatic rings. The number of thiophene rings is 1. The molecule has 0 bridgehead atoms.